The number of aromatic nitrogens is 1. The van der Waals surface area contributed by atoms with Crippen LogP contribution in [0.5, 0.6) is 5.75 Å². The van der Waals surface area contributed by atoms with E-state index in [1.54, 1.807) is 0 Å². The highest BCUT2D eigenvalue weighted by Crippen LogP contribution is 2.33. The lowest BCUT2D eigenvalue weighted by molar-refractivity contribution is 0.145. The van der Waals surface area contributed by atoms with Gasteiger partial charge < -0.3 is 5.11 Å². The van der Waals surface area contributed by atoms with E-state index < -0.39 is 12.1 Å². The largest absolute Gasteiger partial charge is 0.504 e. The number of alkyl halides is 2. The van der Waals surface area contributed by atoms with E-state index >= 15 is 0 Å². The van der Waals surface area contributed by atoms with Crippen molar-refractivity contribution in [3.8, 4) is 5.75 Å². The number of hydrogen-bond acceptors (Lipinski definition) is 2. The minimum atomic E-state index is -2.70. The Labute approximate surface area is 80.3 Å². The zero-order valence-electron chi connectivity index (χ0n) is 5.56. The van der Waals surface area contributed by atoms with Crippen LogP contribution in [0.2, 0.25) is 5.02 Å². The van der Waals surface area contributed by atoms with E-state index in [-0.39, 0.29) is 15.4 Å². The standard InChI is InChI=1S/C6H3BrClF2NO/c7-5-4(12)2(8)1-3(11-5)6(9)10/h1,6,12H. The van der Waals surface area contributed by atoms with Crippen LogP contribution < -0.4 is 0 Å². The van der Waals surface area contributed by atoms with E-state index in [0.717, 1.165) is 6.07 Å². The van der Waals surface area contributed by atoms with Crippen LogP contribution in [0, 0.1) is 0 Å². The highest BCUT2D eigenvalue weighted by Gasteiger charge is 2.14. The SMILES string of the molecule is Oc1c(Cl)cc(C(F)F)nc1Br. The first-order valence-corrected chi connectivity index (χ1v) is 4.02. The van der Waals surface area contributed by atoms with Gasteiger partial charge in [0.1, 0.15) is 10.3 Å². The molecule has 2 nitrogen and oxygen atoms in total. The van der Waals surface area contributed by atoms with E-state index in [0.29, 0.717) is 0 Å². The molecular weight excluding hydrogens is 255 g/mol. The summed E-state index contributed by atoms with van der Waals surface area (Å²) in [6, 6.07) is 0.923. The van der Waals surface area contributed by atoms with Crippen molar-refractivity contribution >= 4 is 27.5 Å². The van der Waals surface area contributed by atoms with Crippen molar-refractivity contribution in [3.63, 3.8) is 0 Å². The van der Waals surface area contributed by atoms with Crippen LogP contribution in [0.1, 0.15) is 12.1 Å². The molecule has 0 aliphatic carbocycles. The fourth-order valence-corrected chi connectivity index (χ4v) is 1.34. The molecule has 1 aromatic heterocycles. The first-order chi connectivity index (χ1) is 5.52. The molecule has 0 aliphatic heterocycles. The van der Waals surface area contributed by atoms with E-state index in [4.69, 9.17) is 16.7 Å². The monoisotopic (exact) mass is 257 g/mol. The van der Waals surface area contributed by atoms with Crippen LogP contribution >= 0.6 is 27.5 Å². The van der Waals surface area contributed by atoms with Gasteiger partial charge in [0, 0.05) is 0 Å². The molecule has 0 unspecified atom stereocenters. The molecule has 0 aliphatic rings. The van der Waals surface area contributed by atoms with Gasteiger partial charge in [-0.3, -0.25) is 0 Å². The zero-order chi connectivity index (χ0) is 9.30. The molecule has 0 aromatic carbocycles. The molecule has 1 heterocycles. The van der Waals surface area contributed by atoms with Crippen molar-refractivity contribution < 1.29 is 13.9 Å². The molecule has 0 fully saturated rings. The van der Waals surface area contributed by atoms with Crippen molar-refractivity contribution in [2.24, 2.45) is 0 Å². The van der Waals surface area contributed by atoms with Gasteiger partial charge in [-0.15, -0.1) is 0 Å². The van der Waals surface area contributed by atoms with Crippen LogP contribution in [0.3, 0.4) is 0 Å². The fraction of sp³-hybridized carbons (Fsp3) is 0.167. The maximum atomic E-state index is 12.0. The van der Waals surface area contributed by atoms with Crippen LogP contribution in [0.4, 0.5) is 8.78 Å². The highest BCUT2D eigenvalue weighted by atomic mass is 79.9. The van der Waals surface area contributed by atoms with Gasteiger partial charge in [0.05, 0.1) is 5.02 Å². The average Bonchev–Trinajstić information content (AvgIpc) is 1.99. The third kappa shape index (κ3) is 1.84. The summed E-state index contributed by atoms with van der Waals surface area (Å²) in [5, 5.41) is 8.88. The first-order valence-electron chi connectivity index (χ1n) is 2.85. The summed E-state index contributed by atoms with van der Waals surface area (Å²) in [4.78, 5) is 3.37. The Bertz CT molecular complexity index is 285. The third-order valence-corrected chi connectivity index (χ3v) is 1.99. The summed E-state index contributed by atoms with van der Waals surface area (Å²) in [6.07, 6.45) is -2.70. The maximum Gasteiger partial charge on any atom is 0.280 e. The Morgan fingerprint density at radius 3 is 2.58 bits per heavy atom. The lowest BCUT2D eigenvalue weighted by atomic mass is 10.3. The normalized spacial score (nSPS) is 10.8. The van der Waals surface area contributed by atoms with Crippen LogP contribution in [-0.4, -0.2) is 10.1 Å². The Hall–Kier alpha value is -0.420. The Morgan fingerprint density at radius 1 is 1.58 bits per heavy atom. The molecule has 1 N–H and O–H groups in total. The van der Waals surface area contributed by atoms with Gasteiger partial charge in [0.25, 0.3) is 6.43 Å². The predicted octanol–water partition coefficient (Wildman–Crippen LogP) is 3.14. The summed E-state index contributed by atoms with van der Waals surface area (Å²) in [7, 11) is 0. The number of halogens is 4. The molecule has 1 aromatic rings. The summed E-state index contributed by atoms with van der Waals surface area (Å²) < 4.78 is 24.0. The predicted molar refractivity (Wildman–Crippen MR) is 43.6 cm³/mol. The van der Waals surface area contributed by atoms with Crippen molar-refractivity contribution in [2.45, 2.75) is 6.43 Å². The molecule has 0 radical (unpaired) electrons. The molecule has 12 heavy (non-hydrogen) atoms. The second kappa shape index (κ2) is 3.53. The minimum Gasteiger partial charge on any atom is -0.504 e. The molecule has 0 spiro atoms. The van der Waals surface area contributed by atoms with Gasteiger partial charge in [0.15, 0.2) is 5.75 Å². The summed E-state index contributed by atoms with van der Waals surface area (Å²) in [5.41, 5.74) is -0.468. The van der Waals surface area contributed by atoms with Crippen molar-refractivity contribution in [2.75, 3.05) is 0 Å². The van der Waals surface area contributed by atoms with Gasteiger partial charge >= 0.3 is 0 Å². The van der Waals surface area contributed by atoms with Crippen LogP contribution in [0.15, 0.2) is 10.7 Å². The van der Waals surface area contributed by atoms with Gasteiger partial charge in [-0.2, -0.15) is 0 Å². The first kappa shape index (κ1) is 9.67. The van der Waals surface area contributed by atoms with Crippen LogP contribution in [0.25, 0.3) is 0 Å². The lowest BCUT2D eigenvalue weighted by Gasteiger charge is -2.02. The molecule has 0 amide bonds. The summed E-state index contributed by atoms with van der Waals surface area (Å²) >= 11 is 8.20. The average molecular weight is 258 g/mol. The topological polar surface area (TPSA) is 33.1 Å². The fourth-order valence-electron chi connectivity index (χ4n) is 0.607. The molecular formula is C6H3BrClF2NO. The van der Waals surface area contributed by atoms with Gasteiger partial charge in [-0.25, -0.2) is 13.8 Å². The molecule has 0 atom stereocenters. The number of nitrogens with zero attached hydrogens (tertiary/aromatic N) is 1. The Kier molecular flexibility index (Phi) is 2.85. The Balaban J connectivity index is 3.21. The third-order valence-electron chi connectivity index (χ3n) is 1.15. The molecule has 6 heteroatoms. The molecule has 0 saturated heterocycles. The number of aromatic hydroxyl groups is 1. The Morgan fingerprint density at radius 2 is 2.17 bits per heavy atom. The van der Waals surface area contributed by atoms with E-state index in [2.05, 4.69) is 20.9 Å². The molecule has 0 saturated carbocycles. The zero-order valence-corrected chi connectivity index (χ0v) is 7.90. The van der Waals surface area contributed by atoms with Gasteiger partial charge in [0.2, 0.25) is 0 Å². The second-order valence-corrected chi connectivity index (χ2v) is 3.13. The highest BCUT2D eigenvalue weighted by molar-refractivity contribution is 9.10. The summed E-state index contributed by atoms with van der Waals surface area (Å²) in [6.45, 7) is 0. The van der Waals surface area contributed by atoms with Crippen molar-refractivity contribution in [1.29, 1.82) is 0 Å². The molecule has 66 valence electrons. The van der Waals surface area contributed by atoms with Gasteiger partial charge in [-0.05, 0) is 22.0 Å². The van der Waals surface area contributed by atoms with Gasteiger partial charge in [-0.1, -0.05) is 11.6 Å². The molecule has 1 rings (SSSR count). The van der Waals surface area contributed by atoms with Crippen molar-refractivity contribution in [3.05, 3.63) is 21.4 Å². The lowest BCUT2D eigenvalue weighted by Crippen LogP contribution is -1.90. The smallest absolute Gasteiger partial charge is 0.280 e. The molecule has 0 bridgehead atoms. The van der Waals surface area contributed by atoms with E-state index in [1.807, 2.05) is 0 Å². The summed E-state index contributed by atoms with van der Waals surface area (Å²) in [5.74, 6) is -0.332. The van der Waals surface area contributed by atoms with Crippen LogP contribution in [-0.2, 0) is 0 Å². The van der Waals surface area contributed by atoms with Crippen molar-refractivity contribution in [1.82, 2.24) is 4.98 Å². The number of pyridine rings is 1. The van der Waals surface area contributed by atoms with E-state index in [9.17, 15) is 8.78 Å². The number of rotatable bonds is 1. The second-order valence-electron chi connectivity index (χ2n) is 1.97. The minimum absolute atomic E-state index is 0.0784. The number of hydrogen-bond donors (Lipinski definition) is 1. The van der Waals surface area contributed by atoms with E-state index in [1.165, 1.54) is 0 Å². The maximum absolute atomic E-state index is 12.0. The quantitative estimate of drug-likeness (QED) is 0.785.